The van der Waals surface area contributed by atoms with E-state index in [1.54, 1.807) is 30.3 Å². The van der Waals surface area contributed by atoms with Crippen LogP contribution < -0.4 is 5.73 Å². The lowest BCUT2D eigenvalue weighted by atomic mass is 9.81. The van der Waals surface area contributed by atoms with E-state index in [-0.39, 0.29) is 17.1 Å². The summed E-state index contributed by atoms with van der Waals surface area (Å²) in [6.45, 7) is 0. The van der Waals surface area contributed by atoms with Gasteiger partial charge in [-0.1, -0.05) is 30.3 Å². The van der Waals surface area contributed by atoms with Crippen molar-refractivity contribution in [3.8, 4) is 11.1 Å². The molecule has 3 aromatic rings. The lowest BCUT2D eigenvalue weighted by molar-refractivity contribution is -0.141. The van der Waals surface area contributed by atoms with Crippen molar-refractivity contribution in [1.29, 1.82) is 0 Å². The van der Waals surface area contributed by atoms with Gasteiger partial charge in [0.15, 0.2) is 11.5 Å². The third kappa shape index (κ3) is 3.41. The molecule has 0 radical (unpaired) electrons. The summed E-state index contributed by atoms with van der Waals surface area (Å²) in [5.41, 5.74) is 3.73. The fourth-order valence-corrected chi connectivity index (χ4v) is 3.59. The summed E-state index contributed by atoms with van der Waals surface area (Å²) in [7, 11) is 1.35. The van der Waals surface area contributed by atoms with Crippen LogP contribution in [0.2, 0.25) is 0 Å². The summed E-state index contributed by atoms with van der Waals surface area (Å²) in [5.74, 6) is -1.56. The highest BCUT2D eigenvalue weighted by molar-refractivity contribution is 6.09. The Morgan fingerprint density at radius 2 is 1.68 bits per heavy atom. The van der Waals surface area contributed by atoms with E-state index >= 15 is 0 Å². The summed E-state index contributed by atoms with van der Waals surface area (Å²) >= 11 is 0. The van der Waals surface area contributed by atoms with E-state index in [4.69, 9.17) is 5.73 Å². The molecule has 1 amide bonds. The van der Waals surface area contributed by atoms with Crippen LogP contribution in [0, 0.1) is 5.82 Å². The highest BCUT2D eigenvalue weighted by Crippen LogP contribution is 2.42. The summed E-state index contributed by atoms with van der Waals surface area (Å²) in [6.07, 6.45) is -3.80. The Kier molecular flexibility index (Phi) is 4.76. The predicted molar refractivity (Wildman–Crippen MR) is 106 cm³/mol. The first kappa shape index (κ1) is 20.5. The second kappa shape index (κ2) is 7.19. The van der Waals surface area contributed by atoms with E-state index in [0.717, 1.165) is 23.2 Å². The van der Waals surface area contributed by atoms with Gasteiger partial charge in [0, 0.05) is 13.2 Å². The average molecular weight is 428 g/mol. The van der Waals surface area contributed by atoms with Gasteiger partial charge in [-0.3, -0.25) is 14.7 Å². The Morgan fingerprint density at radius 1 is 0.968 bits per heavy atom. The molecule has 31 heavy (non-hydrogen) atoms. The smallest absolute Gasteiger partial charge is 0.369 e. The number of carbonyl (C=O) groups excluding carboxylic acids is 1. The van der Waals surface area contributed by atoms with Crippen molar-refractivity contribution in [2.75, 3.05) is 7.05 Å². The number of amides is 1. The van der Waals surface area contributed by atoms with Crippen LogP contribution in [0.1, 0.15) is 16.8 Å². The summed E-state index contributed by atoms with van der Waals surface area (Å²) in [6, 6.07) is 14.7. The van der Waals surface area contributed by atoms with Gasteiger partial charge >= 0.3 is 6.18 Å². The highest BCUT2D eigenvalue weighted by Gasteiger charge is 2.50. The molecule has 5 nitrogen and oxygen atoms in total. The number of pyridine rings is 1. The minimum Gasteiger partial charge on any atom is -0.369 e. The minimum absolute atomic E-state index is 0.0583. The van der Waals surface area contributed by atoms with Crippen molar-refractivity contribution >= 4 is 11.9 Å². The van der Waals surface area contributed by atoms with E-state index in [1.807, 2.05) is 0 Å². The molecule has 0 spiro atoms. The molecule has 4 rings (SSSR count). The number of carbonyl (C=O) groups is 1. The Morgan fingerprint density at radius 3 is 2.29 bits per heavy atom. The molecule has 2 aromatic carbocycles. The zero-order chi connectivity index (χ0) is 22.4. The normalized spacial score (nSPS) is 18.9. The topological polar surface area (TPSA) is 71.6 Å². The van der Waals surface area contributed by atoms with E-state index in [0.29, 0.717) is 11.1 Å². The SMILES string of the molecule is CN1C(=O)C(c2cc(F)cc(-c3ccccc3)c2)(c2ccnc(C(F)(F)F)c2)N=C1N. The lowest BCUT2D eigenvalue weighted by Crippen LogP contribution is -2.41. The van der Waals surface area contributed by atoms with Gasteiger partial charge in [-0.2, -0.15) is 13.2 Å². The van der Waals surface area contributed by atoms with Gasteiger partial charge in [-0.15, -0.1) is 0 Å². The van der Waals surface area contributed by atoms with Crippen molar-refractivity contribution in [2.24, 2.45) is 10.7 Å². The maximum atomic E-state index is 14.6. The number of hydrogen-bond donors (Lipinski definition) is 1. The molecule has 0 saturated carbocycles. The molecule has 0 saturated heterocycles. The summed E-state index contributed by atoms with van der Waals surface area (Å²) < 4.78 is 54.6. The molecule has 1 aliphatic rings. The van der Waals surface area contributed by atoms with Crippen molar-refractivity contribution in [3.63, 3.8) is 0 Å². The number of nitrogens with two attached hydrogens (primary N) is 1. The lowest BCUT2D eigenvalue weighted by Gasteiger charge is -2.27. The van der Waals surface area contributed by atoms with Crippen LogP contribution >= 0.6 is 0 Å². The van der Waals surface area contributed by atoms with Gasteiger partial charge in [0.05, 0.1) is 0 Å². The maximum Gasteiger partial charge on any atom is 0.433 e. The molecule has 0 aliphatic carbocycles. The molecule has 1 unspecified atom stereocenters. The first-order valence-electron chi connectivity index (χ1n) is 9.16. The van der Waals surface area contributed by atoms with Gasteiger partial charge < -0.3 is 5.73 Å². The van der Waals surface area contributed by atoms with Crippen LogP contribution in [-0.4, -0.2) is 28.8 Å². The van der Waals surface area contributed by atoms with Crippen LogP contribution in [0.5, 0.6) is 0 Å². The summed E-state index contributed by atoms with van der Waals surface area (Å²) in [4.78, 5) is 21.9. The van der Waals surface area contributed by atoms with E-state index in [9.17, 15) is 22.4 Å². The second-order valence-electron chi connectivity index (χ2n) is 7.07. The average Bonchev–Trinajstić information content (AvgIpc) is 2.98. The van der Waals surface area contributed by atoms with Crippen LogP contribution in [-0.2, 0) is 16.5 Å². The number of hydrogen-bond acceptors (Lipinski definition) is 4. The van der Waals surface area contributed by atoms with Gasteiger partial charge in [0.25, 0.3) is 5.91 Å². The number of rotatable bonds is 3. The number of aromatic nitrogens is 1. The van der Waals surface area contributed by atoms with E-state index in [1.165, 1.54) is 25.2 Å². The number of nitrogens with zero attached hydrogens (tertiary/aromatic N) is 3. The Labute approximate surface area is 174 Å². The van der Waals surface area contributed by atoms with Gasteiger partial charge in [0.1, 0.15) is 11.5 Å². The minimum atomic E-state index is -4.74. The van der Waals surface area contributed by atoms with Gasteiger partial charge in [-0.05, 0) is 52.6 Å². The van der Waals surface area contributed by atoms with Crippen molar-refractivity contribution < 1.29 is 22.4 Å². The Hall–Kier alpha value is -3.75. The van der Waals surface area contributed by atoms with Crippen LogP contribution in [0.3, 0.4) is 0 Å². The van der Waals surface area contributed by atoms with Crippen molar-refractivity contribution in [1.82, 2.24) is 9.88 Å². The van der Waals surface area contributed by atoms with Gasteiger partial charge in [-0.25, -0.2) is 9.38 Å². The highest BCUT2D eigenvalue weighted by atomic mass is 19.4. The quantitative estimate of drug-likeness (QED) is 0.643. The molecule has 1 aromatic heterocycles. The number of alkyl halides is 3. The van der Waals surface area contributed by atoms with Crippen molar-refractivity contribution in [3.05, 3.63) is 89.5 Å². The third-order valence-electron chi connectivity index (χ3n) is 5.13. The molecule has 158 valence electrons. The van der Waals surface area contributed by atoms with Crippen LogP contribution in [0.25, 0.3) is 11.1 Å². The standard InChI is InChI=1S/C22H16F4N4O/c1-30-19(31)21(29-20(30)27,15-7-8-28-18(12-15)22(24,25)26)16-9-14(10-17(23)11-16)13-5-3-2-4-6-13/h2-12H,1H3,(H2,27,29). The molecule has 0 fully saturated rings. The first-order valence-corrected chi connectivity index (χ1v) is 9.16. The molecule has 2 N–H and O–H groups in total. The fraction of sp³-hybridized carbons (Fsp3) is 0.136. The van der Waals surface area contributed by atoms with E-state index in [2.05, 4.69) is 9.98 Å². The number of aliphatic imine (C=N–C) groups is 1. The Balaban J connectivity index is 1.99. The van der Waals surface area contributed by atoms with Gasteiger partial charge in [0.2, 0.25) is 0 Å². The largest absolute Gasteiger partial charge is 0.433 e. The number of likely N-dealkylation sites (N-methyl/N-ethyl adjacent to an activating group) is 1. The molecule has 1 atom stereocenters. The van der Waals surface area contributed by atoms with Crippen LogP contribution in [0.15, 0.2) is 71.9 Å². The monoisotopic (exact) mass is 428 g/mol. The number of halogens is 4. The molecule has 1 aliphatic heterocycles. The second-order valence-corrected chi connectivity index (χ2v) is 7.07. The van der Waals surface area contributed by atoms with Crippen LogP contribution in [0.4, 0.5) is 17.6 Å². The predicted octanol–water partition coefficient (Wildman–Crippen LogP) is 3.94. The van der Waals surface area contributed by atoms with E-state index < -0.39 is 29.1 Å². The van der Waals surface area contributed by atoms with Crippen molar-refractivity contribution in [2.45, 2.75) is 11.7 Å². The third-order valence-corrected chi connectivity index (χ3v) is 5.13. The zero-order valence-electron chi connectivity index (χ0n) is 16.2. The zero-order valence-corrected chi connectivity index (χ0v) is 16.2. The maximum absolute atomic E-state index is 14.6. The number of benzene rings is 2. The molecular weight excluding hydrogens is 412 g/mol. The molecule has 0 bridgehead atoms. The molecule has 2 heterocycles. The molecular formula is C22H16F4N4O. The Bertz CT molecular complexity index is 1190. The number of guanidine groups is 1. The molecule has 9 heteroatoms. The summed E-state index contributed by atoms with van der Waals surface area (Å²) in [5, 5.41) is 0. The fourth-order valence-electron chi connectivity index (χ4n) is 3.59. The first-order chi connectivity index (χ1) is 14.6.